The van der Waals surface area contributed by atoms with E-state index >= 15 is 0 Å². The van der Waals surface area contributed by atoms with E-state index in [9.17, 15) is 13.2 Å². The van der Waals surface area contributed by atoms with Crippen LogP contribution in [0.15, 0.2) is 57.9 Å². The normalized spacial score (nSPS) is 14.6. The van der Waals surface area contributed by atoms with Crippen LogP contribution < -0.4 is 9.62 Å². The second-order valence-corrected chi connectivity index (χ2v) is 8.11. The molecule has 5 nitrogen and oxygen atoms in total. The monoisotopic (exact) mass is 408 g/mol. The molecule has 1 aliphatic heterocycles. The van der Waals surface area contributed by atoms with Crippen molar-refractivity contribution in [3.8, 4) is 0 Å². The second-order valence-electron chi connectivity index (χ2n) is 5.61. The van der Waals surface area contributed by atoms with Gasteiger partial charge in [0.1, 0.15) is 4.90 Å². The molecular formula is C17H17BrN2O3S. The maximum atomic E-state index is 12.4. The first kappa shape index (κ1) is 17.0. The van der Waals surface area contributed by atoms with E-state index in [4.69, 9.17) is 0 Å². The molecule has 0 spiro atoms. The maximum absolute atomic E-state index is 12.4. The van der Waals surface area contributed by atoms with E-state index in [0.717, 1.165) is 31.6 Å². The molecule has 1 saturated heterocycles. The predicted molar refractivity (Wildman–Crippen MR) is 96.7 cm³/mol. The molecule has 0 unspecified atom stereocenters. The van der Waals surface area contributed by atoms with Crippen molar-refractivity contribution >= 4 is 37.5 Å². The smallest absolute Gasteiger partial charge is 0.265 e. The zero-order valence-electron chi connectivity index (χ0n) is 12.9. The van der Waals surface area contributed by atoms with Crippen LogP contribution in [0, 0.1) is 0 Å². The van der Waals surface area contributed by atoms with Gasteiger partial charge in [-0.1, -0.05) is 18.2 Å². The molecule has 24 heavy (non-hydrogen) atoms. The summed E-state index contributed by atoms with van der Waals surface area (Å²) >= 11 is 3.20. The number of anilines is 1. The summed E-state index contributed by atoms with van der Waals surface area (Å²) in [6, 6.07) is 13.4. The largest absolute Gasteiger partial charge is 0.372 e. The first-order valence-corrected chi connectivity index (χ1v) is 9.92. The van der Waals surface area contributed by atoms with E-state index in [1.165, 1.54) is 6.07 Å². The van der Waals surface area contributed by atoms with Crippen molar-refractivity contribution in [3.05, 3.63) is 58.6 Å². The van der Waals surface area contributed by atoms with Crippen LogP contribution in [0.3, 0.4) is 0 Å². The standard InChI is InChI=1S/C17H17BrN2O3S/c18-15-8-1-2-9-16(15)24(22,23)19-17(21)13-6-5-7-14(12-13)20-10-3-4-11-20/h1-2,5-9,12H,3-4,10-11H2,(H,19,21). The van der Waals surface area contributed by atoms with Crippen LogP contribution in [0.1, 0.15) is 23.2 Å². The van der Waals surface area contributed by atoms with Gasteiger partial charge in [-0.2, -0.15) is 0 Å². The third-order valence-corrected chi connectivity index (χ3v) is 6.28. The molecule has 126 valence electrons. The average molecular weight is 409 g/mol. The lowest BCUT2D eigenvalue weighted by molar-refractivity contribution is 0.0981. The molecule has 0 saturated carbocycles. The van der Waals surface area contributed by atoms with Gasteiger partial charge < -0.3 is 4.90 Å². The van der Waals surface area contributed by atoms with Gasteiger partial charge in [0, 0.05) is 28.8 Å². The van der Waals surface area contributed by atoms with Crippen LogP contribution in [0.5, 0.6) is 0 Å². The molecule has 1 aliphatic rings. The minimum Gasteiger partial charge on any atom is -0.372 e. The molecular weight excluding hydrogens is 392 g/mol. The number of carbonyl (C=O) groups is 1. The predicted octanol–water partition coefficient (Wildman–Crippen LogP) is 3.17. The lowest BCUT2D eigenvalue weighted by Gasteiger charge is -2.18. The topological polar surface area (TPSA) is 66.5 Å². The average Bonchev–Trinajstić information content (AvgIpc) is 3.09. The molecule has 3 rings (SSSR count). The number of benzene rings is 2. The Hall–Kier alpha value is -1.86. The van der Waals surface area contributed by atoms with Gasteiger partial charge in [0.15, 0.2) is 0 Å². The van der Waals surface area contributed by atoms with Crippen LogP contribution in [-0.2, 0) is 10.0 Å². The van der Waals surface area contributed by atoms with Gasteiger partial charge in [0.25, 0.3) is 15.9 Å². The highest BCUT2D eigenvalue weighted by atomic mass is 79.9. The lowest BCUT2D eigenvalue weighted by atomic mass is 10.2. The Bertz CT molecular complexity index is 862. The van der Waals surface area contributed by atoms with Crippen LogP contribution >= 0.6 is 15.9 Å². The molecule has 2 aromatic carbocycles. The molecule has 0 radical (unpaired) electrons. The first-order chi connectivity index (χ1) is 11.5. The molecule has 1 heterocycles. The molecule has 0 aromatic heterocycles. The Morgan fingerprint density at radius 1 is 1.04 bits per heavy atom. The van der Waals surface area contributed by atoms with Gasteiger partial charge in [0.05, 0.1) is 0 Å². The number of sulfonamides is 1. The van der Waals surface area contributed by atoms with E-state index in [-0.39, 0.29) is 4.90 Å². The van der Waals surface area contributed by atoms with E-state index < -0.39 is 15.9 Å². The summed E-state index contributed by atoms with van der Waals surface area (Å²) in [4.78, 5) is 14.6. The van der Waals surface area contributed by atoms with Crippen LogP contribution in [0.2, 0.25) is 0 Å². The van der Waals surface area contributed by atoms with E-state index in [1.807, 2.05) is 6.07 Å². The fourth-order valence-electron chi connectivity index (χ4n) is 2.72. The third kappa shape index (κ3) is 3.62. The number of hydrogen-bond donors (Lipinski definition) is 1. The number of rotatable bonds is 4. The molecule has 2 aromatic rings. The first-order valence-electron chi connectivity index (χ1n) is 7.64. The zero-order valence-corrected chi connectivity index (χ0v) is 15.3. The minimum atomic E-state index is -3.93. The van der Waals surface area contributed by atoms with Crippen molar-refractivity contribution < 1.29 is 13.2 Å². The van der Waals surface area contributed by atoms with Crippen molar-refractivity contribution in [2.75, 3.05) is 18.0 Å². The molecule has 1 N–H and O–H groups in total. The summed E-state index contributed by atoms with van der Waals surface area (Å²) in [5.41, 5.74) is 1.27. The fraction of sp³-hybridized carbons (Fsp3) is 0.235. The quantitative estimate of drug-likeness (QED) is 0.843. The minimum absolute atomic E-state index is 0.0362. The SMILES string of the molecule is O=C(NS(=O)(=O)c1ccccc1Br)c1cccc(N2CCCC2)c1. The Kier molecular flexibility index (Phi) is 4.91. The molecule has 0 aliphatic carbocycles. The Balaban J connectivity index is 1.82. The molecule has 7 heteroatoms. The van der Waals surface area contributed by atoms with E-state index in [2.05, 4.69) is 25.6 Å². The van der Waals surface area contributed by atoms with Crippen molar-refractivity contribution in [2.45, 2.75) is 17.7 Å². The molecule has 0 atom stereocenters. The maximum Gasteiger partial charge on any atom is 0.265 e. The van der Waals surface area contributed by atoms with E-state index in [1.54, 1.807) is 36.4 Å². The highest BCUT2D eigenvalue weighted by Crippen LogP contribution is 2.23. The lowest BCUT2D eigenvalue weighted by Crippen LogP contribution is -2.31. The summed E-state index contributed by atoms with van der Waals surface area (Å²) < 4.78 is 27.4. The fourth-order valence-corrected chi connectivity index (χ4v) is 4.70. The van der Waals surface area contributed by atoms with Crippen LogP contribution in [-0.4, -0.2) is 27.4 Å². The Labute approximate surface area is 149 Å². The summed E-state index contributed by atoms with van der Waals surface area (Å²) in [6.45, 7) is 1.92. The van der Waals surface area contributed by atoms with Crippen molar-refractivity contribution in [2.24, 2.45) is 0 Å². The van der Waals surface area contributed by atoms with Gasteiger partial charge in [-0.25, -0.2) is 13.1 Å². The van der Waals surface area contributed by atoms with Gasteiger partial charge in [0.2, 0.25) is 0 Å². The van der Waals surface area contributed by atoms with Crippen molar-refractivity contribution in [3.63, 3.8) is 0 Å². The van der Waals surface area contributed by atoms with E-state index in [0.29, 0.717) is 10.0 Å². The van der Waals surface area contributed by atoms with Gasteiger partial charge in [-0.05, 0) is 59.1 Å². The zero-order chi connectivity index (χ0) is 17.2. The van der Waals surface area contributed by atoms with Crippen LogP contribution in [0.4, 0.5) is 5.69 Å². The van der Waals surface area contributed by atoms with Crippen molar-refractivity contribution in [1.29, 1.82) is 0 Å². The number of hydrogen-bond acceptors (Lipinski definition) is 4. The molecule has 1 fully saturated rings. The number of halogens is 1. The second kappa shape index (κ2) is 6.94. The van der Waals surface area contributed by atoms with Crippen molar-refractivity contribution in [1.82, 2.24) is 4.72 Å². The highest BCUT2D eigenvalue weighted by molar-refractivity contribution is 9.10. The Morgan fingerprint density at radius 2 is 1.75 bits per heavy atom. The number of carbonyl (C=O) groups excluding carboxylic acids is 1. The summed E-state index contributed by atoms with van der Waals surface area (Å²) in [7, 11) is -3.93. The van der Waals surface area contributed by atoms with Crippen LogP contribution in [0.25, 0.3) is 0 Å². The number of nitrogens with one attached hydrogen (secondary N) is 1. The van der Waals surface area contributed by atoms with Gasteiger partial charge in [-0.3, -0.25) is 4.79 Å². The highest BCUT2D eigenvalue weighted by Gasteiger charge is 2.21. The number of amides is 1. The number of nitrogens with zero attached hydrogens (tertiary/aromatic N) is 1. The van der Waals surface area contributed by atoms with Gasteiger partial charge in [-0.15, -0.1) is 0 Å². The Morgan fingerprint density at radius 3 is 2.46 bits per heavy atom. The third-order valence-electron chi connectivity index (χ3n) is 3.93. The molecule has 1 amide bonds. The molecule has 0 bridgehead atoms. The summed E-state index contributed by atoms with van der Waals surface area (Å²) in [5.74, 6) is -0.633. The van der Waals surface area contributed by atoms with Gasteiger partial charge >= 0.3 is 0 Å². The summed E-state index contributed by atoms with van der Waals surface area (Å²) in [5, 5.41) is 0. The summed E-state index contributed by atoms with van der Waals surface area (Å²) in [6.07, 6.45) is 2.26.